The molecule has 0 aliphatic heterocycles. The molecule has 8 heteroatoms. The summed E-state index contributed by atoms with van der Waals surface area (Å²) in [5, 5.41) is 0. The summed E-state index contributed by atoms with van der Waals surface area (Å²) in [6.45, 7) is 2.03. The van der Waals surface area contributed by atoms with E-state index in [9.17, 15) is 8.42 Å². The Bertz CT molecular complexity index is 710. The van der Waals surface area contributed by atoms with E-state index in [1.54, 1.807) is 11.6 Å². The van der Waals surface area contributed by atoms with Gasteiger partial charge in [0, 0.05) is 17.1 Å². The zero-order chi connectivity index (χ0) is 14.8. The minimum absolute atomic E-state index is 0.0298. The van der Waals surface area contributed by atoms with Crippen molar-refractivity contribution in [1.82, 2.24) is 9.71 Å². The number of nitrogens with zero attached hydrogens (tertiary/aromatic N) is 1. The lowest BCUT2D eigenvalue weighted by molar-refractivity contribution is 0.402. The zero-order valence-electron chi connectivity index (χ0n) is 11.1. The number of aromatic nitrogens is 1. The van der Waals surface area contributed by atoms with Crippen molar-refractivity contribution in [3.63, 3.8) is 0 Å². The average molecular weight is 313 g/mol. The summed E-state index contributed by atoms with van der Waals surface area (Å²) in [5.41, 5.74) is 8.50. The fourth-order valence-electron chi connectivity index (χ4n) is 1.64. The van der Waals surface area contributed by atoms with Crippen molar-refractivity contribution >= 4 is 27.0 Å². The lowest BCUT2D eigenvalue weighted by Gasteiger charge is -2.11. The van der Waals surface area contributed by atoms with E-state index in [2.05, 4.69) is 9.71 Å². The van der Waals surface area contributed by atoms with Crippen LogP contribution in [0.15, 0.2) is 28.6 Å². The molecule has 0 atom stereocenters. The van der Waals surface area contributed by atoms with Crippen molar-refractivity contribution < 1.29 is 13.2 Å². The third kappa shape index (κ3) is 3.09. The number of benzene rings is 1. The molecule has 3 N–H and O–H groups in total. The first-order valence-corrected chi connectivity index (χ1v) is 8.12. The Kier molecular flexibility index (Phi) is 4.26. The SMILES string of the molecule is COc1ccc(N)cc1S(=O)(=O)NCc1scnc1C. The average Bonchev–Trinajstić information content (AvgIpc) is 2.82. The van der Waals surface area contributed by atoms with Crippen molar-refractivity contribution in [3.05, 3.63) is 34.3 Å². The van der Waals surface area contributed by atoms with E-state index < -0.39 is 10.0 Å². The van der Waals surface area contributed by atoms with E-state index in [0.717, 1.165) is 10.6 Å². The summed E-state index contributed by atoms with van der Waals surface area (Å²) < 4.78 is 32.2. The molecule has 0 radical (unpaired) electrons. The van der Waals surface area contributed by atoms with Crippen LogP contribution >= 0.6 is 11.3 Å². The number of anilines is 1. The van der Waals surface area contributed by atoms with Gasteiger partial charge in [0.05, 0.1) is 18.3 Å². The van der Waals surface area contributed by atoms with Crippen LogP contribution in [0.1, 0.15) is 10.6 Å². The largest absolute Gasteiger partial charge is 0.495 e. The fraction of sp³-hybridized carbons (Fsp3) is 0.250. The van der Waals surface area contributed by atoms with Crippen LogP contribution in [-0.4, -0.2) is 20.5 Å². The number of hydrogen-bond acceptors (Lipinski definition) is 6. The van der Waals surface area contributed by atoms with Gasteiger partial charge >= 0.3 is 0 Å². The summed E-state index contributed by atoms with van der Waals surface area (Å²) >= 11 is 1.40. The molecule has 2 aromatic rings. The maximum Gasteiger partial charge on any atom is 0.244 e. The molecule has 108 valence electrons. The van der Waals surface area contributed by atoms with Crippen LogP contribution < -0.4 is 15.2 Å². The van der Waals surface area contributed by atoms with Crippen LogP contribution in [0.5, 0.6) is 5.75 Å². The topological polar surface area (TPSA) is 94.3 Å². The highest BCUT2D eigenvalue weighted by atomic mass is 32.2. The molecule has 1 aromatic carbocycles. The molecule has 0 unspecified atom stereocenters. The maximum absolute atomic E-state index is 12.3. The summed E-state index contributed by atoms with van der Waals surface area (Å²) in [6, 6.07) is 4.49. The molecule has 0 aliphatic carbocycles. The van der Waals surface area contributed by atoms with E-state index in [0.29, 0.717) is 5.69 Å². The van der Waals surface area contributed by atoms with E-state index >= 15 is 0 Å². The first-order chi connectivity index (χ1) is 9.44. The Labute approximate surface area is 121 Å². The van der Waals surface area contributed by atoms with Gasteiger partial charge in [-0.05, 0) is 25.1 Å². The van der Waals surface area contributed by atoms with Gasteiger partial charge in [-0.15, -0.1) is 11.3 Å². The van der Waals surface area contributed by atoms with Crippen molar-refractivity contribution in [2.45, 2.75) is 18.4 Å². The lowest BCUT2D eigenvalue weighted by atomic mass is 10.3. The van der Waals surface area contributed by atoms with Gasteiger partial charge in [-0.3, -0.25) is 0 Å². The normalized spacial score (nSPS) is 11.5. The number of hydrogen-bond donors (Lipinski definition) is 2. The van der Waals surface area contributed by atoms with E-state index in [1.807, 2.05) is 6.92 Å². The van der Waals surface area contributed by atoms with Gasteiger partial charge in [0.1, 0.15) is 10.6 Å². The zero-order valence-corrected chi connectivity index (χ0v) is 12.7. The van der Waals surface area contributed by atoms with Gasteiger partial charge in [0.2, 0.25) is 10.0 Å². The minimum Gasteiger partial charge on any atom is -0.495 e. The second-order valence-electron chi connectivity index (χ2n) is 4.10. The lowest BCUT2D eigenvalue weighted by Crippen LogP contribution is -2.23. The van der Waals surface area contributed by atoms with Crippen LogP contribution in [0.2, 0.25) is 0 Å². The van der Waals surface area contributed by atoms with Crippen LogP contribution in [0.4, 0.5) is 5.69 Å². The molecule has 6 nitrogen and oxygen atoms in total. The molecular weight excluding hydrogens is 298 g/mol. The van der Waals surface area contributed by atoms with Crippen LogP contribution in [0, 0.1) is 6.92 Å². The number of sulfonamides is 1. The predicted molar refractivity (Wildman–Crippen MR) is 78.3 cm³/mol. The van der Waals surface area contributed by atoms with E-state index in [1.165, 1.54) is 30.6 Å². The Balaban J connectivity index is 2.26. The Morgan fingerprint density at radius 3 is 2.80 bits per heavy atom. The molecule has 0 bridgehead atoms. The van der Waals surface area contributed by atoms with E-state index in [4.69, 9.17) is 10.5 Å². The maximum atomic E-state index is 12.3. The molecule has 1 heterocycles. The van der Waals surface area contributed by atoms with Gasteiger partial charge in [-0.25, -0.2) is 18.1 Å². The van der Waals surface area contributed by atoms with Crippen molar-refractivity contribution in [3.8, 4) is 5.75 Å². The number of nitrogens with two attached hydrogens (primary N) is 1. The van der Waals surface area contributed by atoms with Crippen LogP contribution in [0.3, 0.4) is 0 Å². The molecule has 0 spiro atoms. The van der Waals surface area contributed by atoms with Gasteiger partial charge < -0.3 is 10.5 Å². The highest BCUT2D eigenvalue weighted by Crippen LogP contribution is 2.26. The predicted octanol–water partition coefficient (Wildman–Crippen LogP) is 1.52. The summed E-state index contributed by atoms with van der Waals surface area (Å²) in [6.07, 6.45) is 0. The van der Waals surface area contributed by atoms with Crippen molar-refractivity contribution in [2.75, 3.05) is 12.8 Å². The Hall–Kier alpha value is -1.64. The molecular formula is C12H15N3O3S2. The van der Waals surface area contributed by atoms with Gasteiger partial charge in [-0.1, -0.05) is 0 Å². The molecule has 20 heavy (non-hydrogen) atoms. The van der Waals surface area contributed by atoms with Gasteiger partial charge in [0.25, 0.3) is 0 Å². The van der Waals surface area contributed by atoms with Crippen molar-refractivity contribution in [1.29, 1.82) is 0 Å². The van der Waals surface area contributed by atoms with Crippen molar-refractivity contribution in [2.24, 2.45) is 0 Å². The van der Waals surface area contributed by atoms with Gasteiger partial charge in [0.15, 0.2) is 0 Å². The monoisotopic (exact) mass is 313 g/mol. The van der Waals surface area contributed by atoms with Crippen LogP contribution in [0.25, 0.3) is 0 Å². The number of thiazole rings is 1. The molecule has 0 aliphatic rings. The van der Waals surface area contributed by atoms with Crippen LogP contribution in [-0.2, 0) is 16.6 Å². The summed E-state index contributed by atoms with van der Waals surface area (Å²) in [5.74, 6) is 0.257. The Morgan fingerprint density at radius 1 is 1.45 bits per heavy atom. The second-order valence-corrected chi connectivity index (χ2v) is 6.77. The highest BCUT2D eigenvalue weighted by molar-refractivity contribution is 7.89. The number of nitrogens with one attached hydrogen (secondary N) is 1. The fourth-order valence-corrected chi connectivity index (χ4v) is 3.64. The first-order valence-electron chi connectivity index (χ1n) is 5.76. The third-order valence-electron chi connectivity index (χ3n) is 2.74. The molecule has 0 fully saturated rings. The minimum atomic E-state index is -3.69. The quantitative estimate of drug-likeness (QED) is 0.816. The first kappa shape index (κ1) is 14.8. The molecule has 1 aromatic heterocycles. The number of methoxy groups -OCH3 is 1. The van der Waals surface area contributed by atoms with Gasteiger partial charge in [-0.2, -0.15) is 0 Å². The molecule has 0 saturated carbocycles. The third-order valence-corrected chi connectivity index (χ3v) is 5.10. The Morgan fingerprint density at radius 2 is 2.20 bits per heavy atom. The van der Waals surface area contributed by atoms with E-state index in [-0.39, 0.29) is 17.2 Å². The summed E-state index contributed by atoms with van der Waals surface area (Å²) in [7, 11) is -2.28. The second kappa shape index (κ2) is 5.78. The molecule has 0 amide bonds. The number of nitrogen functional groups attached to an aromatic ring is 1. The number of aryl methyl sites for hydroxylation is 1. The number of rotatable bonds is 5. The smallest absolute Gasteiger partial charge is 0.244 e. The standard InChI is InChI=1S/C12H15N3O3S2/c1-8-11(19-7-14-8)6-15-20(16,17)12-5-9(13)3-4-10(12)18-2/h3-5,7,15H,6,13H2,1-2H3. The highest BCUT2D eigenvalue weighted by Gasteiger charge is 2.20. The number of ether oxygens (including phenoxy) is 1. The molecule has 0 saturated heterocycles. The summed E-state index contributed by atoms with van der Waals surface area (Å²) in [4.78, 5) is 4.98. The molecule has 2 rings (SSSR count).